The summed E-state index contributed by atoms with van der Waals surface area (Å²) in [5.41, 5.74) is 1.82. The molecular formula is C22H28N2O6S. The summed E-state index contributed by atoms with van der Waals surface area (Å²) < 4.78 is 33.5. The molecule has 3 fully saturated rings. The Morgan fingerprint density at radius 1 is 1.35 bits per heavy atom. The van der Waals surface area contributed by atoms with Crippen molar-refractivity contribution in [2.45, 2.75) is 50.2 Å². The highest BCUT2D eigenvalue weighted by atomic mass is 32.2. The van der Waals surface area contributed by atoms with Gasteiger partial charge in [-0.2, -0.15) is 8.42 Å². The number of aliphatic imine (C=N–C) groups is 1. The van der Waals surface area contributed by atoms with Gasteiger partial charge >= 0.3 is 16.1 Å². The Kier molecular flexibility index (Phi) is 4.56. The van der Waals surface area contributed by atoms with Crippen molar-refractivity contribution in [2.24, 2.45) is 16.3 Å². The minimum atomic E-state index is -3.66. The topological polar surface area (TPSA) is 106 Å². The lowest BCUT2D eigenvalue weighted by molar-refractivity contribution is -0.147. The van der Waals surface area contributed by atoms with Crippen LogP contribution in [0.5, 0.6) is 5.75 Å². The molecule has 9 heteroatoms. The first-order chi connectivity index (χ1) is 14.6. The fourth-order valence-electron chi connectivity index (χ4n) is 6.95. The zero-order chi connectivity index (χ0) is 22.2. The van der Waals surface area contributed by atoms with Crippen molar-refractivity contribution in [1.29, 1.82) is 0 Å². The predicted molar refractivity (Wildman–Crippen MR) is 114 cm³/mol. The van der Waals surface area contributed by atoms with E-state index >= 15 is 0 Å². The number of ether oxygens (including phenoxy) is 1. The second-order valence-corrected chi connectivity index (χ2v) is 11.0. The molecule has 0 aromatic heterocycles. The molecule has 3 aliphatic heterocycles. The van der Waals surface area contributed by atoms with Gasteiger partial charge in [-0.05, 0) is 49.3 Å². The zero-order valence-corrected chi connectivity index (χ0v) is 18.8. The summed E-state index contributed by atoms with van der Waals surface area (Å²) in [6.07, 6.45) is 3.48. The van der Waals surface area contributed by atoms with Crippen LogP contribution >= 0.6 is 0 Å². The first kappa shape index (κ1) is 20.9. The number of fused-ring (bicyclic) bond motifs is 1. The van der Waals surface area contributed by atoms with Crippen LogP contribution < -0.4 is 4.18 Å². The van der Waals surface area contributed by atoms with Gasteiger partial charge in [-0.15, -0.1) is 0 Å². The molecule has 1 N–H and O–H groups in total. The Bertz CT molecular complexity index is 1090. The average molecular weight is 449 g/mol. The quantitative estimate of drug-likeness (QED) is 0.553. The standard InChI is InChI=1S/C22H28N2O6S/c1-4-21-10-13(25)12-24-8-7-22(20(21)24)16-6-5-14(30-31(3,27)28)9-17(16)23-18(22)15(11-21)19(26)29-2/h5-6,9,13,15,20,25H,4,7-8,10-12H2,1-3H3/t13-,15?,20-,21-,22?/m0/s1. The highest BCUT2D eigenvalue weighted by Crippen LogP contribution is 2.64. The molecule has 0 amide bonds. The van der Waals surface area contributed by atoms with Gasteiger partial charge < -0.3 is 14.0 Å². The molecule has 8 nitrogen and oxygen atoms in total. The van der Waals surface area contributed by atoms with Crippen molar-refractivity contribution in [3.63, 3.8) is 0 Å². The summed E-state index contributed by atoms with van der Waals surface area (Å²) in [6, 6.07) is 5.36. The Morgan fingerprint density at radius 2 is 2.13 bits per heavy atom. The molecule has 2 saturated heterocycles. The Labute approximate surface area is 182 Å². The molecule has 5 atom stereocenters. The van der Waals surface area contributed by atoms with Gasteiger partial charge in [-0.25, -0.2) is 0 Å². The number of carbonyl (C=O) groups is 1. The van der Waals surface area contributed by atoms with Crippen LogP contribution in [0.15, 0.2) is 23.2 Å². The van der Waals surface area contributed by atoms with E-state index in [1.807, 2.05) is 6.07 Å². The van der Waals surface area contributed by atoms with Crippen LogP contribution in [0.1, 0.15) is 38.2 Å². The molecule has 4 aliphatic rings. The van der Waals surface area contributed by atoms with Crippen LogP contribution in [0.2, 0.25) is 0 Å². The van der Waals surface area contributed by atoms with Crippen LogP contribution in [-0.4, -0.2) is 68.7 Å². The average Bonchev–Trinajstić information content (AvgIpc) is 3.24. The number of hydrogen-bond donors (Lipinski definition) is 1. The lowest BCUT2D eigenvalue weighted by atomic mass is 9.50. The van der Waals surface area contributed by atoms with Gasteiger partial charge in [-0.3, -0.25) is 14.7 Å². The molecule has 1 spiro atoms. The summed E-state index contributed by atoms with van der Waals surface area (Å²) in [5, 5.41) is 10.7. The van der Waals surface area contributed by atoms with Crippen molar-refractivity contribution in [1.82, 2.24) is 4.90 Å². The number of rotatable bonds is 4. The maximum absolute atomic E-state index is 12.9. The van der Waals surface area contributed by atoms with Gasteiger partial charge in [-0.1, -0.05) is 13.0 Å². The predicted octanol–water partition coefficient (Wildman–Crippen LogP) is 1.78. The molecular weight excluding hydrogens is 420 g/mol. The summed E-state index contributed by atoms with van der Waals surface area (Å²) >= 11 is 0. The first-order valence-electron chi connectivity index (χ1n) is 10.8. The number of methoxy groups -OCH3 is 1. The van der Waals surface area contributed by atoms with Crippen molar-refractivity contribution in [3.8, 4) is 5.75 Å². The lowest BCUT2D eigenvalue weighted by Crippen LogP contribution is -2.66. The lowest BCUT2D eigenvalue weighted by Gasteiger charge is -2.58. The van der Waals surface area contributed by atoms with E-state index in [4.69, 9.17) is 13.9 Å². The maximum Gasteiger partial charge on any atom is 0.314 e. The van der Waals surface area contributed by atoms with Crippen molar-refractivity contribution >= 4 is 27.5 Å². The number of piperidine rings is 1. The van der Waals surface area contributed by atoms with Crippen LogP contribution in [0, 0.1) is 11.3 Å². The summed E-state index contributed by atoms with van der Waals surface area (Å²) in [4.78, 5) is 20.2. The van der Waals surface area contributed by atoms with E-state index in [-0.39, 0.29) is 23.2 Å². The monoisotopic (exact) mass is 448 g/mol. The minimum absolute atomic E-state index is 0.135. The maximum atomic E-state index is 12.9. The van der Waals surface area contributed by atoms with E-state index in [1.54, 1.807) is 12.1 Å². The number of hydrogen-bond acceptors (Lipinski definition) is 8. The largest absolute Gasteiger partial charge is 0.469 e. The molecule has 31 heavy (non-hydrogen) atoms. The smallest absolute Gasteiger partial charge is 0.314 e. The zero-order valence-electron chi connectivity index (χ0n) is 18.0. The highest BCUT2D eigenvalue weighted by molar-refractivity contribution is 7.86. The van der Waals surface area contributed by atoms with Crippen LogP contribution in [0.25, 0.3) is 0 Å². The third-order valence-electron chi connectivity index (χ3n) is 7.82. The molecule has 3 heterocycles. The van der Waals surface area contributed by atoms with E-state index in [0.29, 0.717) is 25.1 Å². The van der Waals surface area contributed by atoms with Crippen LogP contribution in [-0.2, 0) is 25.1 Å². The number of nitrogens with zero attached hydrogens (tertiary/aromatic N) is 2. The summed E-state index contributed by atoms with van der Waals surface area (Å²) in [7, 11) is -2.26. The van der Waals surface area contributed by atoms with Gasteiger partial charge in [0.25, 0.3) is 0 Å². The molecule has 1 aromatic carbocycles. The number of aliphatic hydroxyl groups is 1. The van der Waals surface area contributed by atoms with Crippen molar-refractivity contribution in [2.75, 3.05) is 26.5 Å². The van der Waals surface area contributed by atoms with E-state index < -0.39 is 27.6 Å². The molecule has 168 valence electrons. The summed E-state index contributed by atoms with van der Waals surface area (Å²) in [6.45, 7) is 3.57. The summed E-state index contributed by atoms with van der Waals surface area (Å²) in [5.74, 6) is -0.576. The third-order valence-corrected chi connectivity index (χ3v) is 8.31. The van der Waals surface area contributed by atoms with Gasteiger partial charge in [0.05, 0.1) is 36.5 Å². The van der Waals surface area contributed by atoms with Crippen molar-refractivity contribution in [3.05, 3.63) is 23.8 Å². The molecule has 0 bridgehead atoms. The van der Waals surface area contributed by atoms with E-state index in [1.165, 1.54) is 7.11 Å². The van der Waals surface area contributed by atoms with Crippen molar-refractivity contribution < 1.29 is 27.2 Å². The van der Waals surface area contributed by atoms with E-state index in [9.17, 15) is 18.3 Å². The number of aliphatic hydroxyl groups excluding tert-OH is 1. The van der Waals surface area contributed by atoms with E-state index in [2.05, 4.69) is 11.8 Å². The van der Waals surface area contributed by atoms with Gasteiger partial charge in [0.2, 0.25) is 0 Å². The Hall–Kier alpha value is -1.97. The Balaban J connectivity index is 1.70. The van der Waals surface area contributed by atoms with Crippen LogP contribution in [0.3, 0.4) is 0 Å². The fourth-order valence-corrected chi connectivity index (χ4v) is 7.41. The first-order valence-corrected chi connectivity index (χ1v) is 12.6. The normalized spacial score (nSPS) is 36.3. The second kappa shape index (κ2) is 6.76. The van der Waals surface area contributed by atoms with Crippen LogP contribution in [0.4, 0.5) is 5.69 Å². The number of carbonyl (C=O) groups excluding carboxylic acids is 1. The fraction of sp³-hybridized carbons (Fsp3) is 0.636. The molecule has 1 saturated carbocycles. The van der Waals surface area contributed by atoms with Gasteiger partial charge in [0.1, 0.15) is 5.75 Å². The second-order valence-electron chi connectivity index (χ2n) is 9.44. The molecule has 2 unspecified atom stereocenters. The Morgan fingerprint density at radius 3 is 2.81 bits per heavy atom. The minimum Gasteiger partial charge on any atom is -0.469 e. The molecule has 1 aliphatic carbocycles. The van der Waals surface area contributed by atoms with E-state index in [0.717, 1.165) is 36.9 Å². The molecule has 0 radical (unpaired) electrons. The highest BCUT2D eigenvalue weighted by Gasteiger charge is 2.69. The van der Waals surface area contributed by atoms with Gasteiger partial charge in [0, 0.05) is 24.4 Å². The van der Waals surface area contributed by atoms with Gasteiger partial charge in [0.15, 0.2) is 0 Å². The third kappa shape index (κ3) is 2.89. The molecule has 1 aromatic rings. The number of benzene rings is 1. The SMILES string of the molecule is CC[C@@]12CC(C(=O)OC)C3=Nc4cc(OS(C)(=O)=O)ccc4C34CCN(C[C@@H](O)C1)[C@H]42. The molecule has 5 rings (SSSR count). The number of esters is 1.